The summed E-state index contributed by atoms with van der Waals surface area (Å²) in [7, 11) is 4.06. The highest BCUT2D eigenvalue weighted by atomic mass is 32.1. The molecule has 2 rings (SSSR count). The van der Waals surface area contributed by atoms with Crippen LogP contribution >= 0.6 is 11.3 Å². The molecule has 1 amide bonds. The summed E-state index contributed by atoms with van der Waals surface area (Å²) in [6, 6.07) is 2.33. The summed E-state index contributed by atoms with van der Waals surface area (Å²) in [5.41, 5.74) is 1.25. The van der Waals surface area contributed by atoms with Crippen LogP contribution in [-0.2, 0) is 9.53 Å². The van der Waals surface area contributed by atoms with Gasteiger partial charge < -0.3 is 15.0 Å². The van der Waals surface area contributed by atoms with Gasteiger partial charge in [-0.05, 0) is 49.3 Å². The molecule has 0 aromatic carbocycles. The number of hydrogen-bond donors (Lipinski definition) is 1. The molecule has 0 aliphatic carbocycles. The Hall–Kier alpha value is -0.910. The van der Waals surface area contributed by atoms with E-state index < -0.39 is 0 Å². The lowest BCUT2D eigenvalue weighted by Crippen LogP contribution is -2.39. The lowest BCUT2D eigenvalue weighted by molar-refractivity contribution is -0.130. The van der Waals surface area contributed by atoms with Gasteiger partial charge in [-0.15, -0.1) is 0 Å². The minimum absolute atomic E-state index is 0.0228. The summed E-state index contributed by atoms with van der Waals surface area (Å²) in [5, 5.41) is 7.18. The molecule has 0 unspecified atom stereocenters. The van der Waals surface area contributed by atoms with Gasteiger partial charge in [0.05, 0.1) is 6.04 Å². The fourth-order valence-electron chi connectivity index (χ4n) is 2.16. The summed E-state index contributed by atoms with van der Waals surface area (Å²) in [4.78, 5) is 14.0. The van der Waals surface area contributed by atoms with Crippen LogP contribution in [0.15, 0.2) is 16.8 Å². The number of ether oxygens (including phenoxy) is 1. The van der Waals surface area contributed by atoms with Crippen molar-refractivity contribution in [3.8, 4) is 0 Å². The normalized spacial score (nSPS) is 21.2. The SMILES string of the molecule is CN(C)[C@H](CNC(=O)[C@H]1CCCO1)c1ccsc1. The first-order valence-corrected chi connectivity index (χ1v) is 7.20. The lowest BCUT2D eigenvalue weighted by atomic mass is 10.1. The maximum Gasteiger partial charge on any atom is 0.249 e. The van der Waals surface area contributed by atoms with Gasteiger partial charge in [0.1, 0.15) is 6.10 Å². The molecule has 1 fully saturated rings. The number of likely N-dealkylation sites (N-methyl/N-ethyl adjacent to an activating group) is 1. The zero-order chi connectivity index (χ0) is 13.0. The molecule has 2 heterocycles. The molecule has 0 spiro atoms. The summed E-state index contributed by atoms with van der Waals surface area (Å²) < 4.78 is 5.37. The molecular formula is C13H20N2O2S. The third kappa shape index (κ3) is 3.31. The maximum absolute atomic E-state index is 11.9. The highest BCUT2D eigenvalue weighted by molar-refractivity contribution is 7.07. The van der Waals surface area contributed by atoms with E-state index in [2.05, 4.69) is 27.0 Å². The van der Waals surface area contributed by atoms with Crippen LogP contribution in [0.2, 0.25) is 0 Å². The monoisotopic (exact) mass is 268 g/mol. The predicted octanol–water partition coefficient (Wildman–Crippen LogP) is 1.65. The third-order valence-corrected chi connectivity index (χ3v) is 3.94. The second kappa shape index (κ2) is 6.31. The zero-order valence-corrected chi connectivity index (χ0v) is 11.7. The molecule has 1 aromatic heterocycles. The zero-order valence-electron chi connectivity index (χ0n) is 10.9. The van der Waals surface area contributed by atoms with Gasteiger partial charge in [-0.25, -0.2) is 0 Å². The Labute approximate surface area is 112 Å². The van der Waals surface area contributed by atoms with Crippen molar-refractivity contribution in [3.63, 3.8) is 0 Å². The van der Waals surface area contributed by atoms with Gasteiger partial charge in [-0.2, -0.15) is 11.3 Å². The molecule has 100 valence electrons. The summed E-state index contributed by atoms with van der Waals surface area (Å²) in [6.45, 7) is 1.34. The van der Waals surface area contributed by atoms with Crippen LogP contribution in [0.3, 0.4) is 0 Å². The molecule has 1 aliphatic rings. The number of carbonyl (C=O) groups excluding carboxylic acids is 1. The number of thiophene rings is 1. The molecule has 0 radical (unpaired) electrons. The second-order valence-corrected chi connectivity index (χ2v) is 5.56. The van der Waals surface area contributed by atoms with Gasteiger partial charge in [-0.3, -0.25) is 4.79 Å². The van der Waals surface area contributed by atoms with Crippen molar-refractivity contribution >= 4 is 17.2 Å². The summed E-state index contributed by atoms with van der Waals surface area (Å²) in [5.74, 6) is 0.0228. The smallest absolute Gasteiger partial charge is 0.249 e. The highest BCUT2D eigenvalue weighted by Crippen LogP contribution is 2.20. The van der Waals surface area contributed by atoms with Crippen LogP contribution < -0.4 is 5.32 Å². The summed E-state index contributed by atoms with van der Waals surface area (Å²) in [6.07, 6.45) is 1.59. The Kier molecular flexibility index (Phi) is 4.74. The molecule has 1 aliphatic heterocycles. The number of amides is 1. The van der Waals surface area contributed by atoms with Crippen LogP contribution in [0, 0.1) is 0 Å². The molecule has 18 heavy (non-hydrogen) atoms. The van der Waals surface area contributed by atoms with Gasteiger partial charge in [0.15, 0.2) is 0 Å². The van der Waals surface area contributed by atoms with Crippen LogP contribution in [0.25, 0.3) is 0 Å². The van der Waals surface area contributed by atoms with E-state index in [-0.39, 0.29) is 18.1 Å². The molecule has 1 saturated heterocycles. The maximum atomic E-state index is 11.9. The van der Waals surface area contributed by atoms with Crippen molar-refractivity contribution in [3.05, 3.63) is 22.4 Å². The second-order valence-electron chi connectivity index (χ2n) is 4.78. The van der Waals surface area contributed by atoms with E-state index in [0.29, 0.717) is 13.2 Å². The standard InChI is InChI=1S/C13H20N2O2S/c1-15(2)11(10-5-7-18-9-10)8-14-13(16)12-4-3-6-17-12/h5,7,9,11-12H,3-4,6,8H2,1-2H3,(H,14,16)/t11-,12-/m1/s1. The van der Waals surface area contributed by atoms with Gasteiger partial charge in [-0.1, -0.05) is 0 Å². The molecule has 4 nitrogen and oxygen atoms in total. The van der Waals surface area contributed by atoms with E-state index in [1.54, 1.807) is 11.3 Å². The van der Waals surface area contributed by atoms with Crippen molar-refractivity contribution in [2.45, 2.75) is 25.0 Å². The molecule has 0 bridgehead atoms. The number of rotatable bonds is 5. The Bertz CT molecular complexity index is 372. The minimum atomic E-state index is -0.240. The Morgan fingerprint density at radius 3 is 3.06 bits per heavy atom. The molecule has 1 aromatic rings. The quantitative estimate of drug-likeness (QED) is 0.883. The number of nitrogens with zero attached hydrogens (tertiary/aromatic N) is 1. The van der Waals surface area contributed by atoms with Crippen molar-refractivity contribution in [1.29, 1.82) is 0 Å². The van der Waals surface area contributed by atoms with Gasteiger partial charge in [0.2, 0.25) is 5.91 Å². The highest BCUT2D eigenvalue weighted by Gasteiger charge is 2.24. The van der Waals surface area contributed by atoms with Crippen molar-refractivity contribution in [2.24, 2.45) is 0 Å². The minimum Gasteiger partial charge on any atom is -0.368 e. The van der Waals surface area contributed by atoms with E-state index in [1.807, 2.05) is 14.1 Å². The van der Waals surface area contributed by atoms with Crippen molar-refractivity contribution in [1.82, 2.24) is 10.2 Å². The first-order chi connectivity index (χ1) is 8.68. The van der Waals surface area contributed by atoms with Crippen molar-refractivity contribution in [2.75, 3.05) is 27.2 Å². The van der Waals surface area contributed by atoms with Gasteiger partial charge in [0.25, 0.3) is 0 Å². The molecular weight excluding hydrogens is 248 g/mol. The average Bonchev–Trinajstić information content (AvgIpc) is 3.01. The largest absolute Gasteiger partial charge is 0.368 e. The first-order valence-electron chi connectivity index (χ1n) is 6.26. The fraction of sp³-hybridized carbons (Fsp3) is 0.615. The van der Waals surface area contributed by atoms with Crippen LogP contribution in [0.1, 0.15) is 24.4 Å². The number of carbonyl (C=O) groups is 1. The van der Waals surface area contributed by atoms with Crippen LogP contribution in [-0.4, -0.2) is 44.2 Å². The fourth-order valence-corrected chi connectivity index (χ4v) is 2.87. The Morgan fingerprint density at radius 1 is 1.67 bits per heavy atom. The third-order valence-electron chi connectivity index (χ3n) is 3.24. The van der Waals surface area contributed by atoms with Crippen LogP contribution in [0.4, 0.5) is 0 Å². The summed E-state index contributed by atoms with van der Waals surface area (Å²) >= 11 is 1.68. The van der Waals surface area contributed by atoms with Gasteiger partial charge >= 0.3 is 0 Å². The topological polar surface area (TPSA) is 41.6 Å². The predicted molar refractivity (Wildman–Crippen MR) is 72.7 cm³/mol. The Morgan fingerprint density at radius 2 is 2.50 bits per heavy atom. The molecule has 1 N–H and O–H groups in total. The Balaban J connectivity index is 1.88. The average molecular weight is 268 g/mol. The number of hydrogen-bond acceptors (Lipinski definition) is 4. The number of nitrogens with one attached hydrogen (secondary N) is 1. The molecule has 0 saturated carbocycles. The molecule has 2 atom stereocenters. The van der Waals surface area contributed by atoms with E-state index >= 15 is 0 Å². The van der Waals surface area contributed by atoms with E-state index in [4.69, 9.17) is 4.74 Å². The van der Waals surface area contributed by atoms with Crippen molar-refractivity contribution < 1.29 is 9.53 Å². The molecule has 5 heteroatoms. The van der Waals surface area contributed by atoms with Gasteiger partial charge in [0, 0.05) is 13.2 Å². The van der Waals surface area contributed by atoms with E-state index in [1.165, 1.54) is 5.56 Å². The van der Waals surface area contributed by atoms with Crippen LogP contribution in [0.5, 0.6) is 0 Å². The van der Waals surface area contributed by atoms with E-state index in [0.717, 1.165) is 12.8 Å². The van der Waals surface area contributed by atoms with E-state index in [9.17, 15) is 4.79 Å². The first kappa shape index (κ1) is 13.5. The lowest BCUT2D eigenvalue weighted by Gasteiger charge is -2.24.